The molecule has 0 bridgehead atoms. The molecular formula is C20H16F3NO4. The van der Waals surface area contributed by atoms with Crippen LogP contribution in [0.2, 0.25) is 0 Å². The second-order valence-corrected chi connectivity index (χ2v) is 6.10. The maximum absolute atomic E-state index is 13.9. The highest BCUT2D eigenvalue weighted by molar-refractivity contribution is 6.13. The van der Waals surface area contributed by atoms with E-state index < -0.39 is 34.7 Å². The number of nitrogens with zero attached hydrogens (tertiary/aromatic N) is 1. The van der Waals surface area contributed by atoms with Gasteiger partial charge in [-0.15, -0.1) is 0 Å². The average Bonchev–Trinajstić information content (AvgIpc) is 3.01. The molecule has 8 heteroatoms. The van der Waals surface area contributed by atoms with Gasteiger partial charge in [0.2, 0.25) is 5.78 Å². The number of benzene rings is 1. The van der Waals surface area contributed by atoms with Gasteiger partial charge in [0, 0.05) is 11.8 Å². The number of hydrogen-bond acceptors (Lipinski definition) is 4. The molecule has 0 aliphatic carbocycles. The van der Waals surface area contributed by atoms with E-state index in [9.17, 15) is 22.8 Å². The number of esters is 1. The molecule has 0 aliphatic rings. The fraction of sp³-hybridized carbons (Fsp3) is 0.200. The summed E-state index contributed by atoms with van der Waals surface area (Å²) in [5.41, 5.74) is -2.03. The molecule has 0 saturated heterocycles. The molecule has 1 aromatic carbocycles. The zero-order valence-electron chi connectivity index (χ0n) is 15.3. The van der Waals surface area contributed by atoms with E-state index in [0.29, 0.717) is 11.3 Å². The highest BCUT2D eigenvalue weighted by Crippen LogP contribution is 2.39. The van der Waals surface area contributed by atoms with Gasteiger partial charge in [-0.25, -0.2) is 4.79 Å². The smallest absolute Gasteiger partial charge is 0.419 e. The van der Waals surface area contributed by atoms with Gasteiger partial charge in [-0.3, -0.25) is 4.79 Å². The molecule has 0 unspecified atom stereocenters. The highest BCUT2D eigenvalue weighted by atomic mass is 19.4. The number of alkyl halides is 3. The first-order valence-electron chi connectivity index (χ1n) is 8.18. The van der Waals surface area contributed by atoms with Crippen LogP contribution in [0.1, 0.15) is 37.5 Å². The molecule has 146 valence electrons. The number of rotatable bonds is 4. The van der Waals surface area contributed by atoms with Crippen molar-refractivity contribution in [3.8, 4) is 5.75 Å². The number of halogens is 3. The molecule has 2 aromatic heterocycles. The average molecular weight is 391 g/mol. The van der Waals surface area contributed by atoms with Crippen LogP contribution in [0.3, 0.4) is 0 Å². The topological polar surface area (TPSA) is 57.0 Å². The molecule has 2 heterocycles. The van der Waals surface area contributed by atoms with Gasteiger partial charge in [0.25, 0.3) is 0 Å². The Kier molecular flexibility index (Phi) is 4.89. The summed E-state index contributed by atoms with van der Waals surface area (Å²) in [5, 5.41) is 0. The number of ketones is 1. The lowest BCUT2D eigenvalue weighted by Gasteiger charge is -2.11. The van der Waals surface area contributed by atoms with Crippen molar-refractivity contribution in [2.24, 2.45) is 0 Å². The summed E-state index contributed by atoms with van der Waals surface area (Å²) >= 11 is 0. The minimum atomic E-state index is -4.94. The van der Waals surface area contributed by atoms with Crippen molar-refractivity contribution in [2.75, 3.05) is 14.2 Å². The molecule has 0 spiro atoms. The van der Waals surface area contributed by atoms with Crippen LogP contribution in [-0.2, 0) is 10.9 Å². The molecule has 3 aromatic rings. The maximum Gasteiger partial charge on any atom is 0.419 e. The first-order chi connectivity index (χ1) is 13.2. The van der Waals surface area contributed by atoms with Crippen molar-refractivity contribution in [2.45, 2.75) is 13.1 Å². The van der Waals surface area contributed by atoms with Crippen molar-refractivity contribution in [3.05, 3.63) is 70.5 Å². The summed E-state index contributed by atoms with van der Waals surface area (Å²) in [4.78, 5) is 25.2. The number of hydrogen-bond donors (Lipinski definition) is 0. The van der Waals surface area contributed by atoms with Gasteiger partial charge < -0.3 is 13.9 Å². The highest BCUT2D eigenvalue weighted by Gasteiger charge is 2.44. The van der Waals surface area contributed by atoms with E-state index in [1.165, 1.54) is 43.6 Å². The first-order valence-corrected chi connectivity index (χ1v) is 8.18. The van der Waals surface area contributed by atoms with Crippen molar-refractivity contribution >= 4 is 17.3 Å². The fourth-order valence-electron chi connectivity index (χ4n) is 3.05. The lowest BCUT2D eigenvalue weighted by atomic mass is 10.0. The standard InChI is InChI=1S/C20H16F3NO4/c1-11-8-9-24-14(10-11)15(19(26)28-3)16(20(21,22)23)17(24)18(25)12-4-6-13(27-2)7-5-12/h4-10H,1-3H3. The largest absolute Gasteiger partial charge is 0.497 e. The molecule has 0 aliphatic heterocycles. The lowest BCUT2D eigenvalue weighted by molar-refractivity contribution is -0.138. The van der Waals surface area contributed by atoms with E-state index >= 15 is 0 Å². The number of carbonyl (C=O) groups excluding carboxylic acids is 2. The third-order valence-electron chi connectivity index (χ3n) is 4.33. The van der Waals surface area contributed by atoms with Crippen LogP contribution in [-0.4, -0.2) is 30.4 Å². The second-order valence-electron chi connectivity index (χ2n) is 6.10. The number of aromatic nitrogens is 1. The predicted molar refractivity (Wildman–Crippen MR) is 94.9 cm³/mol. The Morgan fingerprint density at radius 1 is 1.04 bits per heavy atom. The number of fused-ring (bicyclic) bond motifs is 1. The Morgan fingerprint density at radius 3 is 2.21 bits per heavy atom. The van der Waals surface area contributed by atoms with Gasteiger partial charge in [0.1, 0.15) is 17.0 Å². The Morgan fingerprint density at radius 2 is 1.68 bits per heavy atom. The van der Waals surface area contributed by atoms with Crippen LogP contribution in [0, 0.1) is 6.92 Å². The van der Waals surface area contributed by atoms with Crippen molar-refractivity contribution < 1.29 is 32.2 Å². The third-order valence-corrected chi connectivity index (χ3v) is 4.33. The van der Waals surface area contributed by atoms with Gasteiger partial charge in [0.15, 0.2) is 0 Å². The number of aryl methyl sites for hydroxylation is 1. The number of ether oxygens (including phenoxy) is 2. The first kappa shape index (κ1) is 19.5. The predicted octanol–water partition coefficient (Wildman–Crippen LogP) is 4.29. The van der Waals surface area contributed by atoms with E-state index in [4.69, 9.17) is 4.74 Å². The minimum Gasteiger partial charge on any atom is -0.497 e. The van der Waals surface area contributed by atoms with Gasteiger partial charge in [-0.2, -0.15) is 13.2 Å². The Labute approximate surface area is 158 Å². The molecule has 0 amide bonds. The Bertz CT molecular complexity index is 1070. The third kappa shape index (κ3) is 3.21. The monoisotopic (exact) mass is 391 g/mol. The second kappa shape index (κ2) is 7.03. The molecule has 0 radical (unpaired) electrons. The van der Waals surface area contributed by atoms with Crippen LogP contribution >= 0.6 is 0 Å². The molecule has 0 fully saturated rings. The van der Waals surface area contributed by atoms with E-state index in [-0.39, 0.29) is 11.1 Å². The fourth-order valence-corrected chi connectivity index (χ4v) is 3.05. The van der Waals surface area contributed by atoms with E-state index in [0.717, 1.165) is 11.5 Å². The van der Waals surface area contributed by atoms with Crippen LogP contribution < -0.4 is 4.74 Å². The summed E-state index contributed by atoms with van der Waals surface area (Å²) in [6.45, 7) is 1.67. The normalized spacial score (nSPS) is 11.5. The summed E-state index contributed by atoms with van der Waals surface area (Å²) in [5.74, 6) is -1.58. The summed E-state index contributed by atoms with van der Waals surface area (Å²) in [6.07, 6.45) is -3.61. The van der Waals surface area contributed by atoms with Crippen LogP contribution in [0.5, 0.6) is 5.75 Å². The lowest BCUT2D eigenvalue weighted by Crippen LogP contribution is -2.17. The van der Waals surface area contributed by atoms with E-state index in [1.54, 1.807) is 13.0 Å². The molecule has 0 N–H and O–H groups in total. The molecule has 0 atom stereocenters. The zero-order chi connectivity index (χ0) is 20.6. The van der Waals surface area contributed by atoms with Gasteiger partial charge in [-0.1, -0.05) is 0 Å². The Hall–Kier alpha value is -3.29. The van der Waals surface area contributed by atoms with Crippen LogP contribution in [0.25, 0.3) is 5.52 Å². The molecule has 28 heavy (non-hydrogen) atoms. The van der Waals surface area contributed by atoms with Gasteiger partial charge >= 0.3 is 12.1 Å². The minimum absolute atomic E-state index is 0.0303. The van der Waals surface area contributed by atoms with E-state index in [2.05, 4.69) is 4.74 Å². The van der Waals surface area contributed by atoms with Crippen molar-refractivity contribution in [1.29, 1.82) is 0 Å². The van der Waals surface area contributed by atoms with E-state index in [1.807, 2.05) is 0 Å². The van der Waals surface area contributed by atoms with Crippen molar-refractivity contribution in [3.63, 3.8) is 0 Å². The molecule has 0 saturated carbocycles. The molecular weight excluding hydrogens is 375 g/mol. The number of pyridine rings is 1. The summed E-state index contributed by atoms with van der Waals surface area (Å²) < 4.78 is 52.5. The SMILES string of the molecule is COC(=O)c1c(C(F)(F)F)c(C(=O)c2ccc(OC)cc2)n2ccc(C)cc12. The quantitative estimate of drug-likeness (QED) is 0.492. The Balaban J connectivity index is 2.37. The van der Waals surface area contributed by atoms with Crippen LogP contribution in [0.15, 0.2) is 42.6 Å². The van der Waals surface area contributed by atoms with Crippen molar-refractivity contribution in [1.82, 2.24) is 4.40 Å². The number of methoxy groups -OCH3 is 2. The molecule has 5 nitrogen and oxygen atoms in total. The number of carbonyl (C=O) groups is 2. The zero-order valence-corrected chi connectivity index (χ0v) is 15.3. The summed E-state index contributed by atoms with van der Waals surface area (Å²) in [7, 11) is 2.43. The van der Waals surface area contributed by atoms with Gasteiger partial charge in [-0.05, 0) is 48.9 Å². The maximum atomic E-state index is 13.9. The summed E-state index contributed by atoms with van der Waals surface area (Å²) in [6, 6.07) is 8.65. The molecule has 3 rings (SSSR count). The van der Waals surface area contributed by atoms with Crippen LogP contribution in [0.4, 0.5) is 13.2 Å². The van der Waals surface area contributed by atoms with Gasteiger partial charge in [0.05, 0.1) is 25.3 Å².